The minimum atomic E-state index is -4.94. The van der Waals surface area contributed by atoms with Crippen LogP contribution in [0.1, 0.15) is 0 Å². The summed E-state index contributed by atoms with van der Waals surface area (Å²) in [6.07, 6.45) is 0. The summed E-state index contributed by atoms with van der Waals surface area (Å²) in [7, 11) is -4.94. The summed E-state index contributed by atoms with van der Waals surface area (Å²) in [4.78, 5) is 18.3. The van der Waals surface area contributed by atoms with Crippen LogP contribution in [0.2, 0.25) is 0 Å². The van der Waals surface area contributed by atoms with Crippen molar-refractivity contribution >= 4 is 0 Å². The first-order valence-electron chi connectivity index (χ1n) is 1.65. The van der Waals surface area contributed by atoms with Crippen molar-refractivity contribution < 1.29 is 52.0 Å². The summed E-state index contributed by atoms with van der Waals surface area (Å²) < 4.78 is 31.9. The van der Waals surface area contributed by atoms with Crippen LogP contribution in [0.15, 0.2) is 0 Å². The Labute approximate surface area is 72.8 Å². The molecule has 10 nitrogen and oxygen atoms in total. The monoisotopic (exact) mass is 194 g/mol. The molecule has 0 fully saturated rings. The average molecular weight is 194 g/mol. The van der Waals surface area contributed by atoms with Gasteiger partial charge in [-0.3, -0.25) is 0 Å². The fourth-order valence-corrected chi connectivity index (χ4v) is 0.183. The van der Waals surface area contributed by atoms with Crippen LogP contribution < -0.4 is 18.6 Å². The maximum atomic E-state index is 9.16. The Morgan fingerprint density at radius 2 is 1.08 bits per heavy atom. The topological polar surface area (TPSA) is 179 Å². The summed E-state index contributed by atoms with van der Waals surface area (Å²) in [5.74, 6) is 0. The molecule has 0 heterocycles. The quantitative estimate of drug-likeness (QED) is 0.309. The zero-order valence-electron chi connectivity index (χ0n) is 4.87. The van der Waals surface area contributed by atoms with E-state index in [2.05, 4.69) is 0 Å². The van der Waals surface area contributed by atoms with E-state index in [1.165, 1.54) is 0 Å². The Bertz CT molecular complexity index is 143. The molecule has 0 radical (unpaired) electrons. The summed E-state index contributed by atoms with van der Waals surface area (Å²) in [6, 6.07) is 0. The molecule has 0 aromatic rings. The van der Waals surface area contributed by atoms with Gasteiger partial charge in [-0.2, -0.15) is 0 Å². The van der Waals surface area contributed by atoms with E-state index in [0.717, 1.165) is 0 Å². The summed E-state index contributed by atoms with van der Waals surface area (Å²) >= 11 is -0.951. The van der Waals surface area contributed by atoms with E-state index in [-0.39, 0.29) is 0 Å². The minimum absolute atomic E-state index is 0.951. The molecular weight excluding hydrogens is 194 g/mol. The summed E-state index contributed by atoms with van der Waals surface area (Å²) in [6.45, 7) is 0. The number of nitro groups is 2. The predicted molar refractivity (Wildman–Crippen MR) is 14.0 cm³/mol. The SMILES string of the molecule is O=[N+]([O-])[3Co][N+](=O)[O-].[O-][Cl+3]([O-])([O-])[O-]. The van der Waals surface area contributed by atoms with E-state index in [1.54, 1.807) is 0 Å². The van der Waals surface area contributed by atoms with Crippen LogP contribution >= 0.6 is 0 Å². The van der Waals surface area contributed by atoms with E-state index < -0.39 is 33.3 Å². The first-order chi connectivity index (χ1) is 5.13. The van der Waals surface area contributed by atoms with Crippen molar-refractivity contribution in [2.24, 2.45) is 0 Å². The molecule has 0 aromatic carbocycles. The number of halogens is 1. The average Bonchev–Trinajstić information content (AvgIpc) is 1.52. The third-order valence-corrected chi connectivity index (χ3v) is 0.449. The number of rotatable bonds is 2. The molecule has 0 amide bonds. The molecule has 0 aromatic heterocycles. The van der Waals surface area contributed by atoms with Gasteiger partial charge < -0.3 is 0 Å². The Kier molecular flexibility index (Phi) is 7.00. The standard InChI is InChI=1S/ClHO4.Co.2NO2/c2-1(3,4)5;;2*2-1-3/h(H,2,3,4,5);;;/p-1/i;1-56;;. The van der Waals surface area contributed by atoms with Gasteiger partial charge in [0.15, 0.2) is 0 Å². The number of hydrogen-bond donors (Lipinski definition) is 0. The fraction of sp³-hybridized carbons (Fsp3) is 0. The first-order valence-corrected chi connectivity index (χ1v) is 3.81. The molecule has 0 rings (SSSR count). The molecule has 0 atom stereocenters. The van der Waals surface area contributed by atoms with Gasteiger partial charge in [0.1, 0.15) is 0 Å². The van der Waals surface area contributed by atoms with Crippen molar-refractivity contribution in [3.05, 3.63) is 20.2 Å². The van der Waals surface area contributed by atoms with Crippen LogP contribution in [0.4, 0.5) is 0 Å². The van der Waals surface area contributed by atoms with Crippen molar-refractivity contribution in [2.75, 3.05) is 0 Å². The summed E-state index contributed by atoms with van der Waals surface area (Å²) in [5.41, 5.74) is 0. The Balaban J connectivity index is 0. The number of hydrogen-bond acceptors (Lipinski definition) is 8. The molecule has 0 aliphatic heterocycles. The fourth-order valence-electron chi connectivity index (χ4n) is 0.0444. The molecule has 0 aliphatic rings. The van der Waals surface area contributed by atoms with Crippen LogP contribution in [0.3, 0.4) is 0 Å². The van der Waals surface area contributed by atoms with Crippen LogP contribution in [0.25, 0.3) is 0 Å². The maximum Gasteiger partial charge on any atom is -0.112 e. The van der Waals surface area contributed by atoms with Gasteiger partial charge in [-0.25, -0.2) is 18.6 Å². The molecule has 0 N–H and O–H groups in total. The second-order valence-corrected chi connectivity index (χ2v) is 2.56. The molecule has 0 saturated carbocycles. The molecule has 0 spiro atoms. The molecule has 0 saturated heterocycles. The van der Waals surface area contributed by atoms with Gasteiger partial charge >= 0.3 is 43.3 Å². The van der Waals surface area contributed by atoms with Crippen LogP contribution in [0, 0.1) is 30.5 Å². The molecule has 75 valence electrons. The molecular formula is ClCoN2O8-. The van der Waals surface area contributed by atoms with E-state index >= 15 is 0 Å². The van der Waals surface area contributed by atoms with Crippen molar-refractivity contribution in [1.29, 1.82) is 0 Å². The molecule has 0 aliphatic carbocycles. The van der Waals surface area contributed by atoms with Gasteiger partial charge in [-0.05, 0) is 0 Å². The van der Waals surface area contributed by atoms with Gasteiger partial charge in [0, 0.05) is 0 Å². The largest absolute Gasteiger partial charge is 0.222 e. The Hall–Kier alpha value is -0.564. The van der Waals surface area contributed by atoms with Crippen molar-refractivity contribution in [3.8, 4) is 0 Å². The van der Waals surface area contributed by atoms with E-state index in [9.17, 15) is 0 Å². The second kappa shape index (κ2) is 6.01. The van der Waals surface area contributed by atoms with Crippen molar-refractivity contribution in [2.45, 2.75) is 0 Å². The molecule has 12 heteroatoms. The second-order valence-electron chi connectivity index (χ2n) is 0.837. The van der Waals surface area contributed by atoms with Gasteiger partial charge in [-0.1, -0.05) is 0 Å². The molecule has 12 heavy (non-hydrogen) atoms. The third kappa shape index (κ3) is 56.9. The van der Waals surface area contributed by atoms with Crippen molar-refractivity contribution in [3.63, 3.8) is 0 Å². The smallest absolute Gasteiger partial charge is 0.112 e. The van der Waals surface area contributed by atoms with Gasteiger partial charge in [0.25, 0.3) is 0 Å². The Morgan fingerprint density at radius 1 is 0.917 bits per heavy atom. The third-order valence-electron chi connectivity index (χ3n) is 0.109. The van der Waals surface area contributed by atoms with Gasteiger partial charge in [-0.15, -0.1) is 10.2 Å². The van der Waals surface area contributed by atoms with Crippen LogP contribution in [-0.4, -0.2) is 7.94 Å². The van der Waals surface area contributed by atoms with Crippen LogP contribution in [-0.2, 0) is 15.1 Å². The van der Waals surface area contributed by atoms with E-state index in [4.69, 9.17) is 38.9 Å². The maximum absolute atomic E-state index is 9.16. The van der Waals surface area contributed by atoms with Crippen LogP contribution in [0.5, 0.6) is 0 Å². The minimum Gasteiger partial charge on any atom is -0.222 e. The van der Waals surface area contributed by atoms with E-state index in [1.807, 2.05) is 0 Å². The first kappa shape index (κ1) is 14.0. The van der Waals surface area contributed by atoms with Gasteiger partial charge in [0.05, 0.1) is 0 Å². The zero-order chi connectivity index (χ0) is 10.4. The van der Waals surface area contributed by atoms with E-state index in [0.29, 0.717) is 0 Å². The normalized spacial score (nSPS) is 10.0. The van der Waals surface area contributed by atoms with Gasteiger partial charge in [0.2, 0.25) is 0 Å². The predicted octanol–water partition coefficient (Wildman–Crippen LogP) is -5.30. The summed E-state index contributed by atoms with van der Waals surface area (Å²) in [5, 5.41) is 18.3. The molecule has 0 bridgehead atoms. The number of nitrogens with zero attached hydrogens (tertiary/aromatic N) is 2. The van der Waals surface area contributed by atoms with Crippen molar-refractivity contribution in [1.82, 2.24) is 0 Å². The Morgan fingerprint density at radius 3 is 1.08 bits per heavy atom. The molecule has 0 unspecified atom stereocenters. The zero-order valence-corrected chi connectivity index (χ0v) is 6.67.